The van der Waals surface area contributed by atoms with Crippen LogP contribution >= 0.6 is 11.6 Å². The van der Waals surface area contributed by atoms with Crippen LogP contribution in [0.1, 0.15) is 23.8 Å². The van der Waals surface area contributed by atoms with Crippen molar-refractivity contribution >= 4 is 17.5 Å². The van der Waals surface area contributed by atoms with Crippen molar-refractivity contribution in [3.05, 3.63) is 29.8 Å². The van der Waals surface area contributed by atoms with Crippen LogP contribution in [-0.4, -0.2) is 30.3 Å². The predicted molar refractivity (Wildman–Crippen MR) is 67.5 cm³/mol. The molecule has 1 atom stereocenters. The zero-order valence-electron chi connectivity index (χ0n) is 10.5. The smallest absolute Gasteiger partial charge is 0.406 e. The summed E-state index contributed by atoms with van der Waals surface area (Å²) < 4.78 is 40.3. The van der Waals surface area contributed by atoms with Crippen LogP contribution in [0.15, 0.2) is 24.3 Å². The van der Waals surface area contributed by atoms with Crippen molar-refractivity contribution in [2.24, 2.45) is 0 Å². The van der Waals surface area contributed by atoms with E-state index >= 15 is 0 Å². The molecule has 1 aromatic rings. The lowest BCUT2D eigenvalue weighted by atomic mass is 10.1. The molecule has 3 nitrogen and oxygen atoms in total. The number of hydrogen-bond acceptors (Lipinski definition) is 2. The van der Waals surface area contributed by atoms with E-state index < -0.39 is 11.7 Å². The van der Waals surface area contributed by atoms with E-state index in [0.717, 1.165) is 18.9 Å². The number of rotatable bonds is 3. The highest BCUT2D eigenvalue weighted by atomic mass is 35.5. The van der Waals surface area contributed by atoms with E-state index in [2.05, 4.69) is 4.74 Å². The Morgan fingerprint density at radius 2 is 1.95 bits per heavy atom. The standard InChI is InChI=1S/C13H13ClF3NO2/c14-11(12(19)18-6-1-2-7-18)9-4-3-5-10(8-9)20-13(15,16)17/h3-5,8,11H,1-2,6-7H2. The third-order valence-corrected chi connectivity index (χ3v) is 3.46. The summed E-state index contributed by atoms with van der Waals surface area (Å²) in [6.07, 6.45) is -2.92. The van der Waals surface area contributed by atoms with Gasteiger partial charge in [0.1, 0.15) is 11.1 Å². The van der Waals surface area contributed by atoms with Gasteiger partial charge in [-0.15, -0.1) is 24.8 Å². The minimum Gasteiger partial charge on any atom is -0.406 e. The fourth-order valence-corrected chi connectivity index (χ4v) is 2.38. The Labute approximate surface area is 119 Å². The van der Waals surface area contributed by atoms with Gasteiger partial charge in [-0.1, -0.05) is 12.1 Å². The Hall–Kier alpha value is -1.43. The Bertz CT molecular complexity index is 487. The highest BCUT2D eigenvalue weighted by Crippen LogP contribution is 2.29. The lowest BCUT2D eigenvalue weighted by Crippen LogP contribution is -2.30. The second-order valence-corrected chi connectivity index (χ2v) is 4.95. The summed E-state index contributed by atoms with van der Waals surface area (Å²) in [5.41, 5.74) is 0.297. The molecule has 20 heavy (non-hydrogen) atoms. The van der Waals surface area contributed by atoms with Crippen molar-refractivity contribution in [2.75, 3.05) is 13.1 Å². The number of amides is 1. The van der Waals surface area contributed by atoms with Crippen molar-refractivity contribution in [3.63, 3.8) is 0 Å². The quantitative estimate of drug-likeness (QED) is 0.800. The first-order chi connectivity index (χ1) is 9.37. The van der Waals surface area contributed by atoms with Gasteiger partial charge in [-0.25, -0.2) is 0 Å². The zero-order chi connectivity index (χ0) is 14.8. The van der Waals surface area contributed by atoms with Gasteiger partial charge in [0.2, 0.25) is 5.91 Å². The molecule has 0 spiro atoms. The summed E-state index contributed by atoms with van der Waals surface area (Å²) >= 11 is 6.05. The molecule has 1 aliphatic heterocycles. The highest BCUT2D eigenvalue weighted by Gasteiger charge is 2.32. The first kappa shape index (κ1) is 15.0. The number of halogens is 4. The second-order valence-electron chi connectivity index (χ2n) is 4.52. The first-order valence-corrected chi connectivity index (χ1v) is 6.59. The van der Waals surface area contributed by atoms with Crippen molar-refractivity contribution in [1.82, 2.24) is 4.90 Å². The minimum absolute atomic E-state index is 0.284. The lowest BCUT2D eigenvalue weighted by Gasteiger charge is -2.19. The number of benzene rings is 1. The maximum absolute atomic E-state index is 12.1. The van der Waals surface area contributed by atoms with Crippen molar-refractivity contribution in [3.8, 4) is 5.75 Å². The summed E-state index contributed by atoms with van der Waals surface area (Å²) in [4.78, 5) is 13.7. The Morgan fingerprint density at radius 3 is 2.55 bits per heavy atom. The van der Waals surface area contributed by atoms with E-state index in [0.29, 0.717) is 18.7 Å². The number of likely N-dealkylation sites (tertiary alicyclic amines) is 1. The third-order valence-electron chi connectivity index (χ3n) is 3.02. The van der Waals surface area contributed by atoms with E-state index in [1.165, 1.54) is 18.2 Å². The van der Waals surface area contributed by atoms with Crippen LogP contribution in [0.4, 0.5) is 13.2 Å². The topological polar surface area (TPSA) is 29.5 Å². The normalized spacial score (nSPS) is 17.1. The number of carbonyl (C=O) groups is 1. The van der Waals surface area contributed by atoms with Crippen LogP contribution in [0.5, 0.6) is 5.75 Å². The van der Waals surface area contributed by atoms with Gasteiger partial charge >= 0.3 is 6.36 Å². The molecule has 1 unspecified atom stereocenters. The average molecular weight is 308 g/mol. The number of carbonyl (C=O) groups excluding carboxylic acids is 1. The maximum Gasteiger partial charge on any atom is 0.573 e. The van der Waals surface area contributed by atoms with Crippen LogP contribution in [0.25, 0.3) is 0 Å². The molecule has 110 valence electrons. The molecule has 1 aliphatic rings. The summed E-state index contributed by atoms with van der Waals surface area (Å²) in [5, 5.41) is -0.995. The molecule has 0 saturated carbocycles. The fraction of sp³-hybridized carbons (Fsp3) is 0.462. The SMILES string of the molecule is O=C(C(Cl)c1cccc(OC(F)(F)F)c1)N1CCCC1. The molecule has 0 bridgehead atoms. The van der Waals surface area contributed by atoms with Gasteiger partial charge in [0.15, 0.2) is 0 Å². The van der Waals surface area contributed by atoms with Gasteiger partial charge in [-0.05, 0) is 30.5 Å². The molecular weight excluding hydrogens is 295 g/mol. The second kappa shape index (κ2) is 5.91. The van der Waals surface area contributed by atoms with Gasteiger partial charge in [0.05, 0.1) is 0 Å². The third kappa shape index (κ3) is 3.79. The van der Waals surface area contributed by atoms with E-state index in [-0.39, 0.29) is 11.7 Å². The number of hydrogen-bond donors (Lipinski definition) is 0. The summed E-state index contributed by atoms with van der Waals surface area (Å²) in [6.45, 7) is 1.28. The van der Waals surface area contributed by atoms with Crippen LogP contribution in [0.2, 0.25) is 0 Å². The summed E-state index contributed by atoms with van der Waals surface area (Å²) in [7, 11) is 0. The average Bonchev–Trinajstić information content (AvgIpc) is 2.89. The summed E-state index contributed by atoms with van der Waals surface area (Å²) in [6, 6.07) is 5.19. The molecule has 0 aromatic heterocycles. The first-order valence-electron chi connectivity index (χ1n) is 6.15. The van der Waals surface area contributed by atoms with Crippen molar-refractivity contribution in [1.29, 1.82) is 0 Å². The molecule has 2 rings (SSSR count). The molecule has 0 radical (unpaired) electrons. The molecule has 7 heteroatoms. The molecular formula is C13H13ClF3NO2. The van der Waals surface area contributed by atoms with E-state index in [4.69, 9.17) is 11.6 Å². The number of ether oxygens (including phenoxy) is 1. The van der Waals surface area contributed by atoms with E-state index in [1.54, 1.807) is 4.90 Å². The molecule has 1 aromatic carbocycles. The monoisotopic (exact) mass is 307 g/mol. The highest BCUT2D eigenvalue weighted by molar-refractivity contribution is 6.30. The van der Waals surface area contributed by atoms with Crippen LogP contribution in [0, 0.1) is 0 Å². The molecule has 1 amide bonds. The van der Waals surface area contributed by atoms with Crippen LogP contribution in [-0.2, 0) is 4.79 Å². The zero-order valence-corrected chi connectivity index (χ0v) is 11.2. The largest absolute Gasteiger partial charge is 0.573 e. The maximum atomic E-state index is 12.1. The fourth-order valence-electron chi connectivity index (χ4n) is 2.11. The Balaban J connectivity index is 2.11. The van der Waals surface area contributed by atoms with E-state index in [9.17, 15) is 18.0 Å². The van der Waals surface area contributed by atoms with Gasteiger partial charge in [0, 0.05) is 13.1 Å². The van der Waals surface area contributed by atoms with Gasteiger partial charge in [0.25, 0.3) is 0 Å². The Morgan fingerprint density at radius 1 is 1.30 bits per heavy atom. The van der Waals surface area contributed by atoms with Crippen LogP contribution < -0.4 is 4.74 Å². The van der Waals surface area contributed by atoms with E-state index in [1.807, 2.05) is 0 Å². The number of alkyl halides is 4. The van der Waals surface area contributed by atoms with Crippen molar-refractivity contribution in [2.45, 2.75) is 24.6 Å². The molecule has 1 saturated heterocycles. The van der Waals surface area contributed by atoms with Crippen molar-refractivity contribution < 1.29 is 22.7 Å². The van der Waals surface area contributed by atoms with Crippen LogP contribution in [0.3, 0.4) is 0 Å². The molecule has 1 heterocycles. The summed E-state index contributed by atoms with van der Waals surface area (Å²) in [5.74, 6) is -0.664. The van der Waals surface area contributed by atoms with Gasteiger partial charge in [-0.2, -0.15) is 0 Å². The number of nitrogens with zero attached hydrogens (tertiary/aromatic N) is 1. The predicted octanol–water partition coefficient (Wildman–Crippen LogP) is 3.49. The van der Waals surface area contributed by atoms with Gasteiger partial charge in [-0.3, -0.25) is 4.79 Å². The lowest BCUT2D eigenvalue weighted by molar-refractivity contribution is -0.274. The van der Waals surface area contributed by atoms with Gasteiger partial charge < -0.3 is 9.64 Å². The molecule has 1 fully saturated rings. The molecule has 0 aliphatic carbocycles. The molecule has 0 N–H and O–H groups in total. The minimum atomic E-state index is -4.76. The Kier molecular flexibility index (Phi) is 4.42.